The van der Waals surface area contributed by atoms with E-state index in [9.17, 15) is 4.79 Å². The summed E-state index contributed by atoms with van der Waals surface area (Å²) in [6, 6.07) is 19.0. The molecule has 0 saturated carbocycles. The first kappa shape index (κ1) is 16.8. The minimum absolute atomic E-state index is 0.627. The van der Waals surface area contributed by atoms with Crippen LogP contribution in [0.25, 0.3) is 33.4 Å². The van der Waals surface area contributed by atoms with Crippen molar-refractivity contribution in [2.45, 2.75) is 0 Å². The number of benzene rings is 3. The molecule has 0 saturated heterocycles. The number of ether oxygens (including phenoxy) is 1. The first-order chi connectivity index (χ1) is 13.1. The first-order valence-corrected chi connectivity index (χ1v) is 8.53. The highest BCUT2D eigenvalue weighted by molar-refractivity contribution is 6.05. The van der Waals surface area contributed by atoms with Gasteiger partial charge in [-0.1, -0.05) is 24.3 Å². The Morgan fingerprint density at radius 3 is 2.59 bits per heavy atom. The van der Waals surface area contributed by atoms with Crippen molar-refractivity contribution < 1.29 is 13.9 Å². The molecule has 0 fully saturated rings. The molecule has 1 aliphatic heterocycles. The number of carbonyl (C=O) groups is 1. The molecule has 4 rings (SSSR count). The highest BCUT2D eigenvalue weighted by Crippen LogP contribution is 2.41. The van der Waals surface area contributed by atoms with Crippen LogP contribution in [0, 0.1) is 0 Å². The van der Waals surface area contributed by atoms with Crippen LogP contribution in [0.5, 0.6) is 5.75 Å². The Balaban J connectivity index is 2.20. The summed E-state index contributed by atoms with van der Waals surface area (Å²) in [5.74, 6) is 7.27. The normalized spacial score (nSPS) is 12.2. The summed E-state index contributed by atoms with van der Waals surface area (Å²) in [6.07, 6.45) is 0.878. The minimum atomic E-state index is 0.627. The van der Waals surface area contributed by atoms with Crippen molar-refractivity contribution >= 4 is 17.3 Å². The van der Waals surface area contributed by atoms with E-state index in [1.165, 1.54) is 4.68 Å². The van der Waals surface area contributed by atoms with Crippen molar-refractivity contribution in [2.75, 3.05) is 14.2 Å². The summed E-state index contributed by atoms with van der Waals surface area (Å²) < 4.78 is 13.0. The van der Waals surface area contributed by atoms with Crippen LogP contribution in [0.1, 0.15) is 10.4 Å². The lowest BCUT2D eigenvalue weighted by Crippen LogP contribution is -2.31. The van der Waals surface area contributed by atoms with Gasteiger partial charge in [0.05, 0.1) is 13.2 Å². The number of rotatable bonds is 3. The predicted octanol–water partition coefficient (Wildman–Crippen LogP) is 3.30. The minimum Gasteiger partial charge on any atom is -0.497 e. The molecule has 2 aliphatic rings. The van der Waals surface area contributed by atoms with E-state index in [0.29, 0.717) is 22.7 Å². The smallest absolute Gasteiger partial charge is 0.232 e. The molecule has 0 bridgehead atoms. The standard InChI is InChI=1S/C22H18N2O3/c1-24(23)15-7-9-18-20(11-15)27-21-12-16(26-2)8-10-19(21)22(18)17-6-4-3-5-14(17)13-25/h3-13H,1-2H3,(H-,23,25)/p+1. The summed E-state index contributed by atoms with van der Waals surface area (Å²) in [4.78, 5) is 11.7. The molecular formula is C22H19N2O3+. The van der Waals surface area contributed by atoms with Crippen LogP contribution < -0.4 is 20.6 Å². The van der Waals surface area contributed by atoms with Crippen LogP contribution in [0.2, 0.25) is 0 Å². The van der Waals surface area contributed by atoms with Gasteiger partial charge in [-0.3, -0.25) is 4.79 Å². The molecule has 2 aromatic carbocycles. The Morgan fingerprint density at radius 2 is 1.85 bits per heavy atom. The van der Waals surface area contributed by atoms with Crippen LogP contribution >= 0.6 is 0 Å². The fraction of sp³-hybridized carbons (Fsp3) is 0.0909. The van der Waals surface area contributed by atoms with Gasteiger partial charge in [0, 0.05) is 34.2 Å². The molecule has 27 heavy (non-hydrogen) atoms. The number of hydrogen-bond acceptors (Lipinski definition) is 4. The predicted molar refractivity (Wildman–Crippen MR) is 106 cm³/mol. The topological polar surface area (TPSA) is 68.5 Å². The molecule has 2 N–H and O–H groups in total. The summed E-state index contributed by atoms with van der Waals surface area (Å²) in [6.45, 7) is 0. The molecule has 0 atom stereocenters. The average molecular weight is 359 g/mol. The number of nitrogens with two attached hydrogens (primary N) is 1. The van der Waals surface area contributed by atoms with E-state index in [0.717, 1.165) is 33.7 Å². The quantitative estimate of drug-likeness (QED) is 0.200. The molecule has 5 heteroatoms. The van der Waals surface area contributed by atoms with E-state index in [2.05, 4.69) is 0 Å². The number of hydrazine groups is 1. The molecule has 0 spiro atoms. The Labute approximate surface area is 156 Å². The second-order valence-electron chi connectivity index (χ2n) is 6.34. The molecule has 0 aromatic heterocycles. The lowest BCUT2D eigenvalue weighted by Gasteiger charge is -2.16. The maximum Gasteiger partial charge on any atom is 0.232 e. The Hall–Kier alpha value is -3.60. The average Bonchev–Trinajstić information content (AvgIpc) is 2.71. The number of hydrogen-bond donors (Lipinski definition) is 1. The maximum absolute atomic E-state index is 11.7. The van der Waals surface area contributed by atoms with Gasteiger partial charge in [-0.2, -0.15) is 0 Å². The summed E-state index contributed by atoms with van der Waals surface area (Å²) >= 11 is 0. The molecule has 0 radical (unpaired) electrons. The van der Waals surface area contributed by atoms with E-state index >= 15 is 0 Å². The molecule has 1 heterocycles. The van der Waals surface area contributed by atoms with Crippen LogP contribution in [-0.2, 0) is 0 Å². The van der Waals surface area contributed by atoms with Crippen molar-refractivity contribution in [2.24, 2.45) is 5.84 Å². The lowest BCUT2D eigenvalue weighted by atomic mass is 9.91. The fourth-order valence-corrected chi connectivity index (χ4v) is 3.32. The number of nitrogens with zero attached hydrogens (tertiary/aromatic N) is 1. The van der Waals surface area contributed by atoms with Crippen molar-refractivity contribution in [1.29, 1.82) is 0 Å². The van der Waals surface area contributed by atoms with Crippen molar-refractivity contribution in [3.8, 4) is 28.2 Å². The van der Waals surface area contributed by atoms with Gasteiger partial charge in [-0.25, -0.2) is 5.84 Å². The first-order valence-electron chi connectivity index (χ1n) is 8.53. The van der Waals surface area contributed by atoms with Crippen LogP contribution in [0.15, 0.2) is 65.1 Å². The maximum atomic E-state index is 11.7. The number of fused-ring (bicyclic) bond motifs is 2. The zero-order chi connectivity index (χ0) is 19.0. The van der Waals surface area contributed by atoms with Gasteiger partial charge in [0.25, 0.3) is 0 Å². The zero-order valence-electron chi connectivity index (χ0n) is 15.1. The monoisotopic (exact) mass is 359 g/mol. The summed E-state index contributed by atoms with van der Waals surface area (Å²) in [7, 11) is 3.39. The van der Waals surface area contributed by atoms with E-state index in [1.807, 2.05) is 60.7 Å². The van der Waals surface area contributed by atoms with E-state index < -0.39 is 0 Å². The number of aldehydes is 1. The molecule has 1 aliphatic carbocycles. The van der Waals surface area contributed by atoms with Crippen molar-refractivity contribution in [1.82, 2.24) is 4.68 Å². The fourth-order valence-electron chi connectivity index (χ4n) is 3.32. The number of methoxy groups -OCH3 is 1. The highest BCUT2D eigenvalue weighted by Gasteiger charge is 2.20. The summed E-state index contributed by atoms with van der Waals surface area (Å²) in [5, 5.41) is 1.73. The van der Waals surface area contributed by atoms with Gasteiger partial charge in [-0.05, 0) is 23.8 Å². The van der Waals surface area contributed by atoms with E-state index in [-0.39, 0.29) is 0 Å². The molecule has 0 unspecified atom stereocenters. The van der Waals surface area contributed by atoms with E-state index in [4.69, 9.17) is 15.0 Å². The zero-order valence-corrected chi connectivity index (χ0v) is 15.1. The Bertz CT molecular complexity index is 1200. The van der Waals surface area contributed by atoms with Gasteiger partial charge in [0.2, 0.25) is 5.36 Å². The number of carbonyl (C=O) groups excluding carboxylic acids is 1. The highest BCUT2D eigenvalue weighted by atomic mass is 16.5. The van der Waals surface area contributed by atoms with Gasteiger partial charge in [0.1, 0.15) is 17.1 Å². The molecule has 0 amide bonds. The largest absolute Gasteiger partial charge is 0.497 e. The molecular weight excluding hydrogens is 340 g/mol. The third kappa shape index (κ3) is 2.83. The third-order valence-corrected chi connectivity index (χ3v) is 4.68. The van der Waals surface area contributed by atoms with Gasteiger partial charge < -0.3 is 9.15 Å². The second-order valence-corrected chi connectivity index (χ2v) is 6.34. The van der Waals surface area contributed by atoms with Gasteiger partial charge >= 0.3 is 0 Å². The van der Waals surface area contributed by atoms with E-state index in [1.54, 1.807) is 14.2 Å². The lowest BCUT2D eigenvalue weighted by molar-refractivity contribution is 0.112. The second kappa shape index (κ2) is 6.61. The van der Waals surface area contributed by atoms with Crippen molar-refractivity contribution in [3.05, 3.63) is 71.6 Å². The molecule has 5 nitrogen and oxygen atoms in total. The van der Waals surface area contributed by atoms with Crippen molar-refractivity contribution in [3.63, 3.8) is 0 Å². The molecule has 134 valence electrons. The van der Waals surface area contributed by atoms with Crippen LogP contribution in [-0.4, -0.2) is 20.4 Å². The van der Waals surface area contributed by atoms with Gasteiger partial charge in [-0.15, -0.1) is 4.68 Å². The SMILES string of the molecule is COc1ccc2c(-c3ccccc3C=O)c3cc/c(=[N+](/C)N)cc-3oc2c1. The molecule has 2 aromatic rings. The summed E-state index contributed by atoms with van der Waals surface area (Å²) in [5.41, 5.74) is 4.02. The van der Waals surface area contributed by atoms with Crippen LogP contribution in [0.4, 0.5) is 0 Å². The Morgan fingerprint density at radius 1 is 1.04 bits per heavy atom. The van der Waals surface area contributed by atoms with Crippen LogP contribution in [0.3, 0.4) is 0 Å². The Kier molecular flexibility index (Phi) is 4.12. The van der Waals surface area contributed by atoms with Gasteiger partial charge in [0.15, 0.2) is 13.3 Å². The third-order valence-electron chi connectivity index (χ3n) is 4.68.